The highest BCUT2D eigenvalue weighted by molar-refractivity contribution is 5.81. The maximum Gasteiger partial charge on any atom is 0.136 e. The van der Waals surface area contributed by atoms with Crippen LogP contribution < -0.4 is 0 Å². The number of hydrogen-bond donors (Lipinski definition) is 0. The van der Waals surface area contributed by atoms with Gasteiger partial charge in [-0.2, -0.15) is 0 Å². The summed E-state index contributed by atoms with van der Waals surface area (Å²) in [7, 11) is 0. The number of carbonyl (C=O) groups excluding carboxylic acids is 1. The van der Waals surface area contributed by atoms with E-state index in [0.717, 1.165) is 17.6 Å². The lowest BCUT2D eigenvalue weighted by Gasteiger charge is -2.13. The van der Waals surface area contributed by atoms with Crippen molar-refractivity contribution in [1.82, 2.24) is 0 Å². The van der Waals surface area contributed by atoms with Crippen molar-refractivity contribution in [3.63, 3.8) is 0 Å². The first-order valence-corrected chi connectivity index (χ1v) is 4.16. The molecule has 0 spiro atoms. The fourth-order valence-electron chi connectivity index (χ4n) is 1.25. The van der Waals surface area contributed by atoms with Crippen LogP contribution in [0.25, 0.3) is 0 Å². The Bertz CT molecular complexity index is 269. The lowest BCUT2D eigenvalue weighted by atomic mass is 9.91. The van der Waals surface area contributed by atoms with Crippen molar-refractivity contribution < 1.29 is 4.79 Å². The molecule has 1 nitrogen and oxygen atoms in total. The molecule has 0 radical (unpaired) electrons. The summed E-state index contributed by atoms with van der Waals surface area (Å²) in [6.07, 6.45) is 6.91. The highest BCUT2D eigenvalue weighted by atomic mass is 16.1. The smallest absolute Gasteiger partial charge is 0.136 e. The Labute approximate surface area is 73.5 Å². The molecule has 0 fully saturated rings. The van der Waals surface area contributed by atoms with Crippen molar-refractivity contribution in [2.75, 3.05) is 0 Å². The first-order chi connectivity index (χ1) is 5.61. The average Bonchev–Trinajstić information content (AvgIpc) is 2.04. The molecular weight excluding hydrogens is 148 g/mol. The van der Waals surface area contributed by atoms with Gasteiger partial charge in [-0.3, -0.25) is 4.79 Å². The van der Waals surface area contributed by atoms with E-state index in [-0.39, 0.29) is 11.7 Å². The molecule has 0 N–H and O–H groups in total. The summed E-state index contributed by atoms with van der Waals surface area (Å²) >= 11 is 0. The zero-order valence-electron chi connectivity index (χ0n) is 7.63. The van der Waals surface area contributed by atoms with Crippen molar-refractivity contribution in [2.24, 2.45) is 5.92 Å². The molecule has 1 aliphatic rings. The highest BCUT2D eigenvalue weighted by Crippen LogP contribution is 2.21. The van der Waals surface area contributed by atoms with Crippen LogP contribution in [-0.2, 0) is 4.79 Å². The summed E-state index contributed by atoms with van der Waals surface area (Å²) in [5, 5.41) is 0. The van der Waals surface area contributed by atoms with Crippen LogP contribution in [-0.4, -0.2) is 5.78 Å². The first kappa shape index (κ1) is 8.98. The maximum absolute atomic E-state index is 11.1. The lowest BCUT2D eigenvalue weighted by Crippen LogP contribution is -2.09. The summed E-state index contributed by atoms with van der Waals surface area (Å²) in [6, 6.07) is 0. The molecule has 1 aliphatic carbocycles. The molecule has 0 amide bonds. The number of hydrogen-bond acceptors (Lipinski definition) is 1. The third-order valence-corrected chi connectivity index (χ3v) is 2.08. The van der Waals surface area contributed by atoms with Crippen molar-refractivity contribution in [3.8, 4) is 0 Å². The Morgan fingerprint density at radius 3 is 2.75 bits per heavy atom. The quantitative estimate of drug-likeness (QED) is 0.610. The van der Waals surface area contributed by atoms with E-state index in [1.165, 1.54) is 0 Å². The van der Waals surface area contributed by atoms with E-state index < -0.39 is 0 Å². The van der Waals surface area contributed by atoms with Gasteiger partial charge in [-0.05, 0) is 25.8 Å². The van der Waals surface area contributed by atoms with Crippen LogP contribution in [0.15, 0.2) is 36.0 Å². The van der Waals surface area contributed by atoms with Crippen LogP contribution in [0.2, 0.25) is 0 Å². The molecule has 0 aromatic heterocycles. The topological polar surface area (TPSA) is 17.1 Å². The van der Waals surface area contributed by atoms with Gasteiger partial charge in [0.15, 0.2) is 0 Å². The first-order valence-electron chi connectivity index (χ1n) is 4.16. The number of rotatable bonds is 2. The Morgan fingerprint density at radius 1 is 1.58 bits per heavy atom. The fraction of sp³-hybridized carbons (Fsp3) is 0.364. The summed E-state index contributed by atoms with van der Waals surface area (Å²) in [5.41, 5.74) is 2.12. The summed E-state index contributed by atoms with van der Waals surface area (Å²) in [5.74, 6) is 0.305. The van der Waals surface area contributed by atoms with Gasteiger partial charge in [-0.15, -0.1) is 0 Å². The van der Waals surface area contributed by atoms with E-state index in [1.807, 2.05) is 25.2 Å². The minimum Gasteiger partial charge on any atom is -0.299 e. The van der Waals surface area contributed by atoms with Crippen LogP contribution in [0.1, 0.15) is 20.3 Å². The Kier molecular flexibility index (Phi) is 2.64. The number of allylic oxidation sites excluding steroid dienone is 5. The molecule has 64 valence electrons. The third kappa shape index (κ3) is 1.94. The standard InChI is InChI=1S/C11H14O/c1-8(2)10-5-4-6-11(7-10)9(3)12/h4-5,7,11H,1,6H2,2-3H3. The van der Waals surface area contributed by atoms with Crippen LogP contribution >= 0.6 is 0 Å². The molecule has 1 heteroatoms. The summed E-state index contributed by atoms with van der Waals surface area (Å²) in [4.78, 5) is 11.1. The van der Waals surface area contributed by atoms with Gasteiger partial charge in [0.1, 0.15) is 5.78 Å². The summed E-state index contributed by atoms with van der Waals surface area (Å²) in [6.45, 7) is 7.43. The molecule has 0 heterocycles. The molecule has 0 bridgehead atoms. The van der Waals surface area contributed by atoms with E-state index in [4.69, 9.17) is 0 Å². The zero-order valence-corrected chi connectivity index (χ0v) is 7.63. The summed E-state index contributed by atoms with van der Waals surface area (Å²) < 4.78 is 0. The molecule has 1 unspecified atom stereocenters. The van der Waals surface area contributed by atoms with Gasteiger partial charge in [0.05, 0.1) is 0 Å². The van der Waals surface area contributed by atoms with E-state index in [9.17, 15) is 4.79 Å². The molecular formula is C11H14O. The zero-order chi connectivity index (χ0) is 9.14. The molecule has 0 aromatic carbocycles. The maximum atomic E-state index is 11.1. The van der Waals surface area contributed by atoms with Crippen molar-refractivity contribution in [2.45, 2.75) is 20.3 Å². The second kappa shape index (κ2) is 3.53. The van der Waals surface area contributed by atoms with E-state index >= 15 is 0 Å². The Hall–Kier alpha value is -1.11. The monoisotopic (exact) mass is 162 g/mol. The van der Waals surface area contributed by atoms with Crippen LogP contribution in [0.3, 0.4) is 0 Å². The average molecular weight is 162 g/mol. The minimum absolute atomic E-state index is 0.0710. The predicted octanol–water partition coefficient (Wildman–Crippen LogP) is 2.65. The molecule has 0 aliphatic heterocycles. The van der Waals surface area contributed by atoms with Crippen LogP contribution in [0, 0.1) is 5.92 Å². The van der Waals surface area contributed by atoms with Gasteiger partial charge in [0.25, 0.3) is 0 Å². The largest absolute Gasteiger partial charge is 0.299 e. The van der Waals surface area contributed by atoms with Crippen LogP contribution in [0.5, 0.6) is 0 Å². The minimum atomic E-state index is 0.0710. The molecule has 0 saturated heterocycles. The molecule has 0 saturated carbocycles. The van der Waals surface area contributed by atoms with Crippen LogP contribution in [0.4, 0.5) is 0 Å². The normalized spacial score (nSPS) is 21.8. The van der Waals surface area contributed by atoms with Crippen molar-refractivity contribution >= 4 is 5.78 Å². The van der Waals surface area contributed by atoms with Crippen molar-refractivity contribution in [1.29, 1.82) is 0 Å². The second-order valence-electron chi connectivity index (χ2n) is 3.26. The number of Topliss-reactive ketones (excluding diaryl/α,β-unsaturated/α-hetero) is 1. The van der Waals surface area contributed by atoms with Gasteiger partial charge in [0, 0.05) is 5.92 Å². The highest BCUT2D eigenvalue weighted by Gasteiger charge is 2.13. The van der Waals surface area contributed by atoms with Crippen molar-refractivity contribution in [3.05, 3.63) is 36.0 Å². The van der Waals surface area contributed by atoms with Gasteiger partial charge in [0.2, 0.25) is 0 Å². The van der Waals surface area contributed by atoms with E-state index in [2.05, 4.69) is 6.58 Å². The lowest BCUT2D eigenvalue weighted by molar-refractivity contribution is -0.119. The fourth-order valence-corrected chi connectivity index (χ4v) is 1.25. The predicted molar refractivity (Wildman–Crippen MR) is 50.8 cm³/mol. The molecule has 12 heavy (non-hydrogen) atoms. The molecule has 0 aromatic rings. The van der Waals surface area contributed by atoms with Gasteiger partial charge < -0.3 is 0 Å². The van der Waals surface area contributed by atoms with E-state index in [1.54, 1.807) is 6.92 Å². The number of ketones is 1. The Morgan fingerprint density at radius 2 is 2.25 bits per heavy atom. The Balaban J connectivity index is 2.82. The van der Waals surface area contributed by atoms with Gasteiger partial charge in [-0.1, -0.05) is 30.4 Å². The SMILES string of the molecule is C=C(C)C1=CC(C(C)=O)CC=C1. The second-order valence-corrected chi connectivity index (χ2v) is 3.26. The van der Waals surface area contributed by atoms with Gasteiger partial charge in [-0.25, -0.2) is 0 Å². The van der Waals surface area contributed by atoms with E-state index in [0.29, 0.717) is 0 Å². The third-order valence-electron chi connectivity index (χ3n) is 2.08. The molecule has 1 atom stereocenters. The molecule has 1 rings (SSSR count). The van der Waals surface area contributed by atoms with Gasteiger partial charge >= 0.3 is 0 Å². The number of carbonyl (C=O) groups is 1.